The minimum Gasteiger partial charge on any atom is -0.462 e. The van der Waals surface area contributed by atoms with Crippen molar-refractivity contribution in [2.75, 3.05) is 6.61 Å². The Balaban J connectivity index is 1.98. The number of hydrogen-bond donors (Lipinski definition) is 0. The first-order valence-electron chi connectivity index (χ1n) is 10.5. The van der Waals surface area contributed by atoms with E-state index in [-0.39, 0.29) is 35.6 Å². The van der Waals surface area contributed by atoms with Crippen LogP contribution in [0.15, 0.2) is 51.7 Å². The van der Waals surface area contributed by atoms with Gasteiger partial charge in [0.25, 0.3) is 0 Å². The van der Waals surface area contributed by atoms with Crippen LogP contribution in [0.4, 0.5) is 0 Å². The van der Waals surface area contributed by atoms with Crippen molar-refractivity contribution in [2.24, 2.45) is 5.92 Å². The van der Waals surface area contributed by atoms with Gasteiger partial charge in [0.15, 0.2) is 5.76 Å². The smallest absolute Gasteiger partial charge is 0.338 e. The molecule has 0 unspecified atom stereocenters. The van der Waals surface area contributed by atoms with E-state index in [0.29, 0.717) is 33.8 Å². The standard InChI is InChI=1S/C25H26O7/c1-6-29-25(28)16-7-9-17(10-8-16)30-23-21(26)19-12-11-18(31-24(27)15(4)5)13-20(19)32-22(23)14(2)3/h7-15H,6H2,1-5H3. The highest BCUT2D eigenvalue weighted by Crippen LogP contribution is 2.32. The molecule has 0 aliphatic heterocycles. The maximum absolute atomic E-state index is 13.2. The highest BCUT2D eigenvalue weighted by atomic mass is 16.5. The topological polar surface area (TPSA) is 92.0 Å². The first-order chi connectivity index (χ1) is 15.2. The predicted molar refractivity (Wildman–Crippen MR) is 120 cm³/mol. The van der Waals surface area contributed by atoms with Crippen LogP contribution in [-0.4, -0.2) is 18.5 Å². The molecule has 168 valence electrons. The second kappa shape index (κ2) is 9.68. The van der Waals surface area contributed by atoms with Crippen LogP contribution in [0.1, 0.15) is 56.7 Å². The van der Waals surface area contributed by atoms with E-state index in [1.54, 1.807) is 57.2 Å². The fourth-order valence-electron chi connectivity index (χ4n) is 2.94. The van der Waals surface area contributed by atoms with Gasteiger partial charge >= 0.3 is 11.9 Å². The van der Waals surface area contributed by atoms with Crippen molar-refractivity contribution >= 4 is 22.9 Å². The van der Waals surface area contributed by atoms with Crippen molar-refractivity contribution in [1.29, 1.82) is 0 Å². The molecule has 0 aliphatic rings. The molecule has 3 rings (SSSR count). The zero-order valence-corrected chi connectivity index (χ0v) is 18.8. The van der Waals surface area contributed by atoms with Crippen molar-refractivity contribution < 1.29 is 28.2 Å². The third-order valence-electron chi connectivity index (χ3n) is 4.65. The molecule has 0 fully saturated rings. The van der Waals surface area contributed by atoms with E-state index >= 15 is 0 Å². The lowest BCUT2D eigenvalue weighted by atomic mass is 10.1. The van der Waals surface area contributed by atoms with Gasteiger partial charge in [-0.1, -0.05) is 27.7 Å². The fourth-order valence-corrected chi connectivity index (χ4v) is 2.94. The van der Waals surface area contributed by atoms with Crippen LogP contribution in [0.3, 0.4) is 0 Å². The molecular weight excluding hydrogens is 412 g/mol. The van der Waals surface area contributed by atoms with E-state index in [1.165, 1.54) is 6.07 Å². The molecule has 3 aromatic rings. The van der Waals surface area contributed by atoms with Gasteiger partial charge in [-0.15, -0.1) is 0 Å². The second-order valence-electron chi connectivity index (χ2n) is 7.86. The van der Waals surface area contributed by atoms with Gasteiger partial charge < -0.3 is 18.6 Å². The maximum Gasteiger partial charge on any atom is 0.338 e. The van der Waals surface area contributed by atoms with Crippen molar-refractivity contribution in [2.45, 2.75) is 40.5 Å². The van der Waals surface area contributed by atoms with Crippen LogP contribution >= 0.6 is 0 Å². The van der Waals surface area contributed by atoms with E-state index in [9.17, 15) is 14.4 Å². The first-order valence-corrected chi connectivity index (χ1v) is 10.5. The van der Waals surface area contributed by atoms with E-state index < -0.39 is 5.97 Å². The Morgan fingerprint density at radius 1 is 0.969 bits per heavy atom. The Kier molecular flexibility index (Phi) is 6.98. The van der Waals surface area contributed by atoms with Gasteiger partial charge in [0.2, 0.25) is 11.2 Å². The molecule has 0 N–H and O–H groups in total. The maximum atomic E-state index is 13.2. The SMILES string of the molecule is CCOC(=O)c1ccc(Oc2c(C(C)C)oc3cc(OC(=O)C(C)C)ccc3c2=O)cc1. The lowest BCUT2D eigenvalue weighted by molar-refractivity contribution is -0.137. The molecule has 0 radical (unpaired) electrons. The normalized spacial score (nSPS) is 11.1. The number of hydrogen-bond acceptors (Lipinski definition) is 7. The molecule has 7 nitrogen and oxygen atoms in total. The minimum absolute atomic E-state index is 0.0725. The van der Waals surface area contributed by atoms with Gasteiger partial charge in [0.05, 0.1) is 23.5 Å². The number of carbonyl (C=O) groups is 2. The van der Waals surface area contributed by atoms with Crippen molar-refractivity contribution in [3.05, 3.63) is 64.0 Å². The lowest BCUT2D eigenvalue weighted by Crippen LogP contribution is -2.15. The molecule has 7 heteroatoms. The van der Waals surface area contributed by atoms with Gasteiger partial charge in [-0.2, -0.15) is 0 Å². The third-order valence-corrected chi connectivity index (χ3v) is 4.65. The lowest BCUT2D eigenvalue weighted by Gasteiger charge is -2.14. The molecule has 0 saturated carbocycles. The summed E-state index contributed by atoms with van der Waals surface area (Å²) in [5, 5.41) is 0.303. The van der Waals surface area contributed by atoms with E-state index in [1.807, 2.05) is 13.8 Å². The molecule has 0 saturated heterocycles. The number of rotatable bonds is 7. The zero-order valence-electron chi connectivity index (χ0n) is 18.8. The van der Waals surface area contributed by atoms with E-state index in [0.717, 1.165) is 0 Å². The molecular formula is C25H26O7. The summed E-state index contributed by atoms with van der Waals surface area (Å²) >= 11 is 0. The Morgan fingerprint density at radius 3 is 2.22 bits per heavy atom. The number of carbonyl (C=O) groups excluding carboxylic acids is 2. The summed E-state index contributed by atoms with van der Waals surface area (Å²) in [6.07, 6.45) is 0. The Bertz CT molecular complexity index is 1190. The number of fused-ring (bicyclic) bond motifs is 1. The van der Waals surface area contributed by atoms with Gasteiger partial charge in [-0.25, -0.2) is 4.79 Å². The Labute approximate surface area is 185 Å². The van der Waals surface area contributed by atoms with E-state index in [4.69, 9.17) is 18.6 Å². The summed E-state index contributed by atoms with van der Waals surface area (Å²) in [7, 11) is 0. The molecule has 0 aliphatic carbocycles. The van der Waals surface area contributed by atoms with Crippen LogP contribution < -0.4 is 14.9 Å². The highest BCUT2D eigenvalue weighted by molar-refractivity contribution is 5.89. The van der Waals surface area contributed by atoms with Crippen LogP contribution in [-0.2, 0) is 9.53 Å². The van der Waals surface area contributed by atoms with Gasteiger partial charge in [-0.05, 0) is 43.3 Å². The van der Waals surface area contributed by atoms with Crippen LogP contribution in [0.5, 0.6) is 17.2 Å². The minimum atomic E-state index is -0.430. The average Bonchev–Trinajstić information content (AvgIpc) is 2.75. The Hall–Kier alpha value is -3.61. The summed E-state index contributed by atoms with van der Waals surface area (Å²) in [5.74, 6) is -0.111. The van der Waals surface area contributed by atoms with Gasteiger partial charge in [0, 0.05) is 12.0 Å². The first kappa shape index (κ1) is 23.1. The molecule has 1 heterocycles. The molecule has 0 bridgehead atoms. The van der Waals surface area contributed by atoms with Crippen molar-refractivity contribution in [3.63, 3.8) is 0 Å². The number of benzene rings is 2. The van der Waals surface area contributed by atoms with Crippen LogP contribution in [0.2, 0.25) is 0 Å². The van der Waals surface area contributed by atoms with E-state index in [2.05, 4.69) is 0 Å². The predicted octanol–water partition coefficient (Wildman–Crippen LogP) is 5.45. The van der Waals surface area contributed by atoms with Gasteiger partial charge in [-0.3, -0.25) is 9.59 Å². The molecule has 0 spiro atoms. The highest BCUT2D eigenvalue weighted by Gasteiger charge is 2.21. The van der Waals surface area contributed by atoms with Gasteiger partial charge in [0.1, 0.15) is 17.1 Å². The van der Waals surface area contributed by atoms with Crippen LogP contribution in [0.25, 0.3) is 11.0 Å². The van der Waals surface area contributed by atoms with Crippen LogP contribution in [0, 0.1) is 5.92 Å². The molecule has 2 aromatic carbocycles. The van der Waals surface area contributed by atoms with Crippen molar-refractivity contribution in [3.8, 4) is 17.2 Å². The zero-order chi connectivity index (χ0) is 23.4. The molecule has 1 aromatic heterocycles. The molecule has 0 atom stereocenters. The largest absolute Gasteiger partial charge is 0.462 e. The summed E-state index contributed by atoms with van der Waals surface area (Å²) in [4.78, 5) is 36.9. The molecule has 32 heavy (non-hydrogen) atoms. The summed E-state index contributed by atoms with van der Waals surface area (Å²) in [5.41, 5.74) is 0.348. The van der Waals surface area contributed by atoms with Crippen molar-refractivity contribution in [1.82, 2.24) is 0 Å². The molecule has 0 amide bonds. The Morgan fingerprint density at radius 2 is 1.62 bits per heavy atom. The fraction of sp³-hybridized carbons (Fsp3) is 0.320. The summed E-state index contributed by atoms with van der Waals surface area (Å²) in [6, 6.07) is 10.9. The third kappa shape index (κ3) is 4.99. The number of esters is 2. The number of ether oxygens (including phenoxy) is 3. The monoisotopic (exact) mass is 438 g/mol. The summed E-state index contributed by atoms with van der Waals surface area (Å²) in [6.45, 7) is 9.25. The average molecular weight is 438 g/mol. The summed E-state index contributed by atoms with van der Waals surface area (Å²) < 4.78 is 22.2. The quantitative estimate of drug-likeness (QED) is 0.358. The second-order valence-corrected chi connectivity index (χ2v) is 7.86.